The number of carbonyl (C=O) groups excluding carboxylic acids is 1. The molecule has 1 aliphatic heterocycles. The molecule has 1 N–H and O–H groups in total. The van der Waals surface area contributed by atoms with Crippen molar-refractivity contribution in [3.8, 4) is 0 Å². The van der Waals surface area contributed by atoms with Gasteiger partial charge in [0, 0.05) is 19.3 Å². The summed E-state index contributed by atoms with van der Waals surface area (Å²) in [6, 6.07) is 0.448. The largest absolute Gasteiger partial charge is 0.381 e. The van der Waals surface area contributed by atoms with Crippen LogP contribution in [0.15, 0.2) is 0 Å². The fourth-order valence-electron chi connectivity index (χ4n) is 2.00. The van der Waals surface area contributed by atoms with Gasteiger partial charge in [-0.05, 0) is 24.7 Å². The maximum Gasteiger partial charge on any atom is 0.207 e. The Labute approximate surface area is 66.1 Å². The molecule has 1 spiro atoms. The minimum atomic E-state index is 0.430. The first-order valence-corrected chi connectivity index (χ1v) is 4.15. The third-order valence-electron chi connectivity index (χ3n) is 2.95. The van der Waals surface area contributed by atoms with Crippen LogP contribution in [0.25, 0.3) is 0 Å². The van der Waals surface area contributed by atoms with Gasteiger partial charge < -0.3 is 10.1 Å². The molecule has 3 nitrogen and oxygen atoms in total. The van der Waals surface area contributed by atoms with Crippen LogP contribution in [-0.2, 0) is 9.53 Å². The molecule has 2 fully saturated rings. The van der Waals surface area contributed by atoms with Gasteiger partial charge in [0.05, 0.1) is 0 Å². The van der Waals surface area contributed by atoms with E-state index >= 15 is 0 Å². The Hall–Kier alpha value is -0.570. The van der Waals surface area contributed by atoms with Crippen LogP contribution in [0.5, 0.6) is 0 Å². The van der Waals surface area contributed by atoms with Gasteiger partial charge in [-0.25, -0.2) is 0 Å². The second kappa shape index (κ2) is 2.48. The number of carbonyl (C=O) groups is 1. The molecule has 1 atom stereocenters. The van der Waals surface area contributed by atoms with E-state index in [9.17, 15) is 4.79 Å². The summed E-state index contributed by atoms with van der Waals surface area (Å²) in [7, 11) is 0. The third-order valence-corrected chi connectivity index (χ3v) is 2.95. The number of rotatable bonds is 2. The Balaban J connectivity index is 1.88. The van der Waals surface area contributed by atoms with E-state index in [-0.39, 0.29) is 0 Å². The number of hydrogen-bond acceptors (Lipinski definition) is 2. The van der Waals surface area contributed by atoms with Gasteiger partial charge in [0.1, 0.15) is 0 Å². The lowest BCUT2D eigenvalue weighted by atomic mass is 9.96. The molecule has 1 heterocycles. The van der Waals surface area contributed by atoms with Gasteiger partial charge in [-0.2, -0.15) is 0 Å². The Kier molecular flexibility index (Phi) is 1.60. The minimum absolute atomic E-state index is 0.430. The highest BCUT2D eigenvalue weighted by atomic mass is 16.5. The van der Waals surface area contributed by atoms with Gasteiger partial charge in [-0.1, -0.05) is 0 Å². The number of hydrogen-bond donors (Lipinski definition) is 1. The summed E-state index contributed by atoms with van der Waals surface area (Å²) in [6.45, 7) is 1.74. The summed E-state index contributed by atoms with van der Waals surface area (Å²) in [5.41, 5.74) is 0.430. The zero-order valence-corrected chi connectivity index (χ0v) is 6.51. The predicted molar refractivity (Wildman–Crippen MR) is 40.1 cm³/mol. The molecule has 1 amide bonds. The van der Waals surface area contributed by atoms with Crippen LogP contribution >= 0.6 is 0 Å². The van der Waals surface area contributed by atoms with Crippen LogP contribution < -0.4 is 5.32 Å². The first-order chi connectivity index (χ1) is 5.37. The maximum absolute atomic E-state index is 10.1. The minimum Gasteiger partial charge on any atom is -0.381 e. The second-order valence-electron chi connectivity index (χ2n) is 3.52. The average Bonchev–Trinajstić information content (AvgIpc) is 2.66. The number of ether oxygens (including phenoxy) is 1. The van der Waals surface area contributed by atoms with Gasteiger partial charge in [0.25, 0.3) is 0 Å². The lowest BCUT2D eigenvalue weighted by molar-refractivity contribution is -0.109. The van der Waals surface area contributed by atoms with Crippen molar-refractivity contribution < 1.29 is 9.53 Å². The molecular formula is C8H13NO2. The van der Waals surface area contributed by atoms with Crippen LogP contribution in [0.3, 0.4) is 0 Å². The molecule has 1 unspecified atom stereocenters. The van der Waals surface area contributed by atoms with E-state index in [0.29, 0.717) is 11.5 Å². The van der Waals surface area contributed by atoms with Gasteiger partial charge in [0.2, 0.25) is 6.41 Å². The highest BCUT2D eigenvalue weighted by Gasteiger charge is 2.54. The molecule has 11 heavy (non-hydrogen) atoms. The van der Waals surface area contributed by atoms with Crippen molar-refractivity contribution in [2.45, 2.75) is 25.3 Å². The van der Waals surface area contributed by atoms with Crippen LogP contribution in [0.4, 0.5) is 0 Å². The maximum atomic E-state index is 10.1. The highest BCUT2D eigenvalue weighted by Crippen LogP contribution is 2.53. The average molecular weight is 155 g/mol. The molecule has 1 saturated heterocycles. The first kappa shape index (κ1) is 7.10. The third kappa shape index (κ3) is 1.13. The Morgan fingerprint density at radius 2 is 2.18 bits per heavy atom. The molecular weight excluding hydrogens is 142 g/mol. The molecule has 2 aliphatic rings. The monoisotopic (exact) mass is 155 g/mol. The quantitative estimate of drug-likeness (QED) is 0.582. The zero-order chi connectivity index (χ0) is 7.73. The van der Waals surface area contributed by atoms with Gasteiger partial charge in [-0.3, -0.25) is 4.79 Å². The van der Waals surface area contributed by atoms with Gasteiger partial charge in [0.15, 0.2) is 0 Å². The topological polar surface area (TPSA) is 38.3 Å². The normalized spacial score (nSPS) is 33.3. The predicted octanol–water partition coefficient (Wildman–Crippen LogP) is 0.301. The number of amides is 1. The second-order valence-corrected chi connectivity index (χ2v) is 3.52. The molecule has 0 bridgehead atoms. The summed E-state index contributed by atoms with van der Waals surface area (Å²) < 4.78 is 5.26. The smallest absolute Gasteiger partial charge is 0.207 e. The van der Waals surface area contributed by atoms with Crippen molar-refractivity contribution >= 4 is 6.41 Å². The van der Waals surface area contributed by atoms with E-state index in [4.69, 9.17) is 4.74 Å². The molecule has 0 aromatic rings. The summed E-state index contributed by atoms with van der Waals surface area (Å²) in [5, 5.41) is 2.84. The molecule has 0 aromatic heterocycles. The Morgan fingerprint density at radius 3 is 2.82 bits per heavy atom. The van der Waals surface area contributed by atoms with E-state index in [2.05, 4.69) is 5.32 Å². The van der Waals surface area contributed by atoms with Crippen molar-refractivity contribution in [2.75, 3.05) is 13.2 Å². The SMILES string of the molecule is O=CNC1CC12CCOCC2. The van der Waals surface area contributed by atoms with Gasteiger partial charge >= 0.3 is 0 Å². The fraction of sp³-hybridized carbons (Fsp3) is 0.875. The lowest BCUT2D eigenvalue weighted by Crippen LogP contribution is -2.26. The van der Waals surface area contributed by atoms with Crippen LogP contribution in [0, 0.1) is 5.41 Å². The van der Waals surface area contributed by atoms with Crippen molar-refractivity contribution in [2.24, 2.45) is 5.41 Å². The molecule has 0 aromatic carbocycles. The van der Waals surface area contributed by atoms with Gasteiger partial charge in [-0.15, -0.1) is 0 Å². The molecule has 1 aliphatic carbocycles. The summed E-state index contributed by atoms with van der Waals surface area (Å²) in [5.74, 6) is 0. The molecule has 3 heteroatoms. The van der Waals surface area contributed by atoms with Crippen LogP contribution in [0.1, 0.15) is 19.3 Å². The van der Waals surface area contributed by atoms with Crippen molar-refractivity contribution in [3.05, 3.63) is 0 Å². The van der Waals surface area contributed by atoms with Crippen LogP contribution in [0.2, 0.25) is 0 Å². The zero-order valence-electron chi connectivity index (χ0n) is 6.51. The van der Waals surface area contributed by atoms with E-state index < -0.39 is 0 Å². The van der Waals surface area contributed by atoms with E-state index in [1.165, 1.54) is 0 Å². The fourth-order valence-corrected chi connectivity index (χ4v) is 2.00. The molecule has 62 valence electrons. The summed E-state index contributed by atoms with van der Waals surface area (Å²) >= 11 is 0. The van der Waals surface area contributed by atoms with Crippen LogP contribution in [-0.4, -0.2) is 25.7 Å². The highest BCUT2D eigenvalue weighted by molar-refractivity contribution is 5.48. The standard InChI is InChI=1S/C8H13NO2/c10-6-9-7-5-8(7)1-3-11-4-2-8/h6-7H,1-5H2,(H,9,10). The van der Waals surface area contributed by atoms with E-state index in [0.717, 1.165) is 38.9 Å². The van der Waals surface area contributed by atoms with Crippen molar-refractivity contribution in [1.29, 1.82) is 0 Å². The van der Waals surface area contributed by atoms with E-state index in [1.54, 1.807) is 0 Å². The van der Waals surface area contributed by atoms with E-state index in [1.807, 2.05) is 0 Å². The Morgan fingerprint density at radius 1 is 1.45 bits per heavy atom. The molecule has 0 radical (unpaired) electrons. The van der Waals surface area contributed by atoms with Crippen molar-refractivity contribution in [1.82, 2.24) is 5.32 Å². The summed E-state index contributed by atoms with van der Waals surface area (Å²) in [4.78, 5) is 10.1. The summed E-state index contributed by atoms with van der Waals surface area (Å²) in [6.07, 6.45) is 4.22. The molecule has 1 saturated carbocycles. The molecule has 2 rings (SSSR count). The lowest BCUT2D eigenvalue weighted by Gasteiger charge is -2.22. The Bertz CT molecular complexity index is 163. The number of nitrogens with one attached hydrogen (secondary N) is 1. The van der Waals surface area contributed by atoms with Crippen molar-refractivity contribution in [3.63, 3.8) is 0 Å². The first-order valence-electron chi connectivity index (χ1n) is 4.15.